The van der Waals surface area contributed by atoms with Crippen LogP contribution in [0.1, 0.15) is 27.0 Å². The molecular formula is C20H14ClN3O3. The Balaban J connectivity index is 1.57. The van der Waals surface area contributed by atoms with Crippen molar-refractivity contribution in [2.24, 2.45) is 5.10 Å². The largest absolute Gasteiger partial charge is 0.288 e. The van der Waals surface area contributed by atoms with Gasteiger partial charge in [-0.1, -0.05) is 41.9 Å². The number of nitro benzene ring substituents is 1. The van der Waals surface area contributed by atoms with Gasteiger partial charge in [-0.25, -0.2) is 5.43 Å². The average molecular weight is 380 g/mol. The number of aryl methyl sites for hydroxylation is 2. The molecule has 0 aromatic heterocycles. The van der Waals surface area contributed by atoms with Gasteiger partial charge in [-0.3, -0.25) is 14.9 Å². The van der Waals surface area contributed by atoms with E-state index < -0.39 is 10.8 Å². The summed E-state index contributed by atoms with van der Waals surface area (Å²) < 4.78 is 0. The normalized spacial score (nSPS) is 12.6. The molecule has 4 rings (SSSR count). The SMILES string of the molecule is O=C(N/N=C\c1ccc2c3c(cccc13)CC2)c1ccc(Cl)c([N+](=O)[O-])c1. The Morgan fingerprint density at radius 2 is 1.93 bits per heavy atom. The molecule has 0 heterocycles. The number of carbonyl (C=O) groups excluding carboxylic acids is 1. The molecular weight excluding hydrogens is 366 g/mol. The maximum Gasteiger partial charge on any atom is 0.288 e. The lowest BCUT2D eigenvalue weighted by Gasteiger charge is -2.05. The van der Waals surface area contributed by atoms with Crippen LogP contribution in [0.25, 0.3) is 10.8 Å². The first kappa shape index (κ1) is 17.2. The molecule has 1 N–H and O–H groups in total. The Morgan fingerprint density at radius 3 is 2.70 bits per heavy atom. The number of rotatable bonds is 4. The Morgan fingerprint density at radius 1 is 1.15 bits per heavy atom. The van der Waals surface area contributed by atoms with Crippen LogP contribution >= 0.6 is 11.6 Å². The van der Waals surface area contributed by atoms with Crippen LogP contribution in [0.5, 0.6) is 0 Å². The van der Waals surface area contributed by atoms with Crippen molar-refractivity contribution in [3.63, 3.8) is 0 Å². The lowest BCUT2D eigenvalue weighted by Crippen LogP contribution is -2.17. The maximum atomic E-state index is 12.2. The first-order chi connectivity index (χ1) is 13.0. The van der Waals surface area contributed by atoms with E-state index in [0.29, 0.717) is 0 Å². The summed E-state index contributed by atoms with van der Waals surface area (Å²) in [7, 11) is 0. The van der Waals surface area contributed by atoms with Gasteiger partial charge in [0.1, 0.15) is 5.02 Å². The van der Waals surface area contributed by atoms with E-state index in [1.54, 1.807) is 6.21 Å². The molecule has 0 bridgehead atoms. The van der Waals surface area contributed by atoms with Crippen LogP contribution in [0.2, 0.25) is 5.02 Å². The minimum absolute atomic E-state index is 0.0204. The van der Waals surface area contributed by atoms with Crippen molar-refractivity contribution in [2.45, 2.75) is 12.8 Å². The van der Waals surface area contributed by atoms with Crippen LogP contribution < -0.4 is 5.43 Å². The average Bonchev–Trinajstić information content (AvgIpc) is 3.08. The highest BCUT2D eigenvalue weighted by Gasteiger charge is 2.17. The van der Waals surface area contributed by atoms with Gasteiger partial charge in [-0.05, 0) is 46.9 Å². The fourth-order valence-electron chi connectivity index (χ4n) is 3.40. The Kier molecular flexibility index (Phi) is 4.33. The molecule has 0 radical (unpaired) electrons. The number of nitrogens with one attached hydrogen (secondary N) is 1. The molecule has 0 saturated carbocycles. The molecule has 0 aliphatic heterocycles. The molecule has 6 nitrogen and oxygen atoms in total. The molecule has 1 amide bonds. The van der Waals surface area contributed by atoms with Crippen LogP contribution in [0.4, 0.5) is 5.69 Å². The topological polar surface area (TPSA) is 84.6 Å². The number of carbonyl (C=O) groups is 1. The van der Waals surface area contributed by atoms with Crippen LogP contribution in [0.3, 0.4) is 0 Å². The third-order valence-electron chi connectivity index (χ3n) is 4.69. The standard InChI is InChI=1S/C20H14ClN3O3/c21-17-9-8-14(10-18(17)24(26)27)20(25)23-22-11-15-7-6-13-5-4-12-2-1-3-16(15)19(12)13/h1-3,6-11H,4-5H2,(H,23,25)/b22-11-. The van der Waals surface area contributed by atoms with E-state index in [0.717, 1.165) is 29.9 Å². The third kappa shape index (κ3) is 3.15. The summed E-state index contributed by atoms with van der Waals surface area (Å²) >= 11 is 5.76. The second-order valence-corrected chi connectivity index (χ2v) is 6.68. The van der Waals surface area contributed by atoms with Crippen LogP contribution in [-0.4, -0.2) is 17.0 Å². The second-order valence-electron chi connectivity index (χ2n) is 6.28. The summed E-state index contributed by atoms with van der Waals surface area (Å²) in [5.41, 5.74) is 5.76. The Hall–Kier alpha value is -3.25. The summed E-state index contributed by atoms with van der Waals surface area (Å²) in [4.78, 5) is 22.5. The molecule has 27 heavy (non-hydrogen) atoms. The maximum absolute atomic E-state index is 12.2. The molecule has 7 heteroatoms. The Labute approximate surface area is 159 Å². The predicted octanol–water partition coefficient (Wildman–Crippen LogP) is 4.26. The summed E-state index contributed by atoms with van der Waals surface area (Å²) in [6.07, 6.45) is 3.67. The van der Waals surface area contributed by atoms with Crippen molar-refractivity contribution in [3.8, 4) is 0 Å². The minimum atomic E-state index is -0.630. The monoisotopic (exact) mass is 379 g/mol. The highest BCUT2D eigenvalue weighted by atomic mass is 35.5. The fourth-order valence-corrected chi connectivity index (χ4v) is 3.59. The molecule has 0 fully saturated rings. The summed E-state index contributed by atoms with van der Waals surface area (Å²) in [6.45, 7) is 0. The van der Waals surface area contributed by atoms with Gasteiger partial charge < -0.3 is 0 Å². The number of halogens is 1. The molecule has 1 aliphatic rings. The number of hydrazone groups is 1. The highest BCUT2D eigenvalue weighted by Crippen LogP contribution is 2.32. The number of hydrogen-bond donors (Lipinski definition) is 1. The molecule has 3 aromatic carbocycles. The summed E-state index contributed by atoms with van der Waals surface area (Å²) in [6, 6.07) is 14.1. The van der Waals surface area contributed by atoms with Crippen LogP contribution in [0.15, 0.2) is 53.6 Å². The number of benzene rings is 3. The van der Waals surface area contributed by atoms with Gasteiger partial charge in [0.25, 0.3) is 11.6 Å². The van der Waals surface area contributed by atoms with Crippen molar-refractivity contribution in [1.29, 1.82) is 0 Å². The molecule has 0 spiro atoms. The lowest BCUT2D eigenvalue weighted by atomic mass is 10.0. The minimum Gasteiger partial charge on any atom is -0.267 e. The van der Waals surface area contributed by atoms with E-state index in [4.69, 9.17) is 11.6 Å². The van der Waals surface area contributed by atoms with Gasteiger partial charge >= 0.3 is 0 Å². The molecule has 0 atom stereocenters. The van der Waals surface area contributed by atoms with Gasteiger partial charge in [0.2, 0.25) is 0 Å². The molecule has 3 aromatic rings. The van der Waals surface area contributed by atoms with Gasteiger partial charge in [0, 0.05) is 17.2 Å². The van der Waals surface area contributed by atoms with E-state index in [-0.39, 0.29) is 16.3 Å². The van der Waals surface area contributed by atoms with E-state index in [2.05, 4.69) is 22.7 Å². The summed E-state index contributed by atoms with van der Waals surface area (Å²) in [5, 5.41) is 17.3. The van der Waals surface area contributed by atoms with Gasteiger partial charge in [0.05, 0.1) is 11.1 Å². The second kappa shape index (κ2) is 6.81. The molecule has 1 aliphatic carbocycles. The molecule has 0 unspecified atom stereocenters. The van der Waals surface area contributed by atoms with Crippen LogP contribution in [0, 0.1) is 10.1 Å². The van der Waals surface area contributed by atoms with Gasteiger partial charge in [-0.2, -0.15) is 5.10 Å². The van der Waals surface area contributed by atoms with Gasteiger partial charge in [0.15, 0.2) is 0 Å². The quantitative estimate of drug-likeness (QED) is 0.417. The number of amides is 1. The van der Waals surface area contributed by atoms with E-state index in [9.17, 15) is 14.9 Å². The number of nitrogens with zero attached hydrogens (tertiary/aromatic N) is 2. The van der Waals surface area contributed by atoms with Crippen molar-refractivity contribution < 1.29 is 9.72 Å². The highest BCUT2D eigenvalue weighted by molar-refractivity contribution is 6.32. The first-order valence-corrected chi connectivity index (χ1v) is 8.73. The van der Waals surface area contributed by atoms with Crippen molar-refractivity contribution in [2.75, 3.05) is 0 Å². The van der Waals surface area contributed by atoms with E-state index in [1.165, 1.54) is 28.6 Å². The predicted molar refractivity (Wildman–Crippen MR) is 105 cm³/mol. The molecule has 134 valence electrons. The number of hydrogen-bond acceptors (Lipinski definition) is 4. The van der Waals surface area contributed by atoms with Gasteiger partial charge in [-0.15, -0.1) is 0 Å². The van der Waals surface area contributed by atoms with Crippen LogP contribution in [-0.2, 0) is 12.8 Å². The first-order valence-electron chi connectivity index (χ1n) is 8.35. The lowest BCUT2D eigenvalue weighted by molar-refractivity contribution is -0.384. The molecule has 0 saturated heterocycles. The summed E-state index contributed by atoms with van der Waals surface area (Å²) in [5.74, 6) is -0.544. The third-order valence-corrected chi connectivity index (χ3v) is 5.00. The van der Waals surface area contributed by atoms with Crippen molar-refractivity contribution in [1.82, 2.24) is 5.43 Å². The fraction of sp³-hybridized carbons (Fsp3) is 0.100. The smallest absolute Gasteiger partial charge is 0.267 e. The van der Waals surface area contributed by atoms with E-state index in [1.807, 2.05) is 18.2 Å². The zero-order chi connectivity index (χ0) is 19.0. The van der Waals surface area contributed by atoms with Crippen molar-refractivity contribution >= 4 is 40.2 Å². The van der Waals surface area contributed by atoms with Crippen molar-refractivity contribution in [3.05, 3.63) is 85.9 Å². The van der Waals surface area contributed by atoms with E-state index >= 15 is 0 Å². The zero-order valence-corrected chi connectivity index (χ0v) is 14.9. The zero-order valence-electron chi connectivity index (χ0n) is 14.1. The Bertz CT molecular complexity index is 1110. The number of nitro groups is 1.